The van der Waals surface area contributed by atoms with Crippen LogP contribution in [-0.4, -0.2) is 20.9 Å². The summed E-state index contributed by atoms with van der Waals surface area (Å²) in [4.78, 5) is 10.0. The molecule has 19 heavy (non-hydrogen) atoms. The van der Waals surface area contributed by atoms with Crippen LogP contribution in [0.1, 0.15) is 6.92 Å². The van der Waals surface area contributed by atoms with Crippen molar-refractivity contribution in [1.29, 1.82) is 0 Å². The SMILES string of the molecule is CC(COc1c(F)cc(S(=O)(=O)Cl)cc1F)C(N)=O. The zero-order valence-electron chi connectivity index (χ0n) is 9.69. The van der Waals surface area contributed by atoms with E-state index in [-0.39, 0.29) is 6.61 Å². The second-order valence-electron chi connectivity index (χ2n) is 3.77. The lowest BCUT2D eigenvalue weighted by molar-refractivity contribution is -0.122. The molecule has 1 aromatic carbocycles. The van der Waals surface area contributed by atoms with Crippen LogP contribution in [0.5, 0.6) is 5.75 Å². The number of nitrogens with two attached hydrogens (primary N) is 1. The predicted octanol–water partition coefficient (Wildman–Crippen LogP) is 1.39. The van der Waals surface area contributed by atoms with Gasteiger partial charge in [-0.15, -0.1) is 0 Å². The molecule has 1 rings (SSSR count). The first-order chi connectivity index (χ1) is 8.62. The zero-order chi connectivity index (χ0) is 14.8. The molecule has 0 aliphatic rings. The van der Waals surface area contributed by atoms with Crippen molar-refractivity contribution in [3.8, 4) is 5.75 Å². The van der Waals surface area contributed by atoms with Crippen molar-refractivity contribution >= 4 is 25.6 Å². The molecule has 0 aliphatic heterocycles. The molecule has 1 atom stereocenters. The predicted molar refractivity (Wildman–Crippen MR) is 63.3 cm³/mol. The lowest BCUT2D eigenvalue weighted by Gasteiger charge is -2.11. The highest BCUT2D eigenvalue weighted by Gasteiger charge is 2.20. The Balaban J connectivity index is 3.02. The Bertz CT molecular complexity index is 583. The number of primary amides is 1. The summed E-state index contributed by atoms with van der Waals surface area (Å²) in [6, 6.07) is 1.05. The van der Waals surface area contributed by atoms with E-state index in [1.165, 1.54) is 6.92 Å². The Kier molecular flexibility index (Phi) is 4.70. The minimum Gasteiger partial charge on any atom is -0.487 e. The molecular formula is C10H10ClF2NO4S. The van der Waals surface area contributed by atoms with Gasteiger partial charge in [0.15, 0.2) is 17.4 Å². The maximum absolute atomic E-state index is 13.5. The lowest BCUT2D eigenvalue weighted by Crippen LogP contribution is -2.26. The van der Waals surface area contributed by atoms with Gasteiger partial charge < -0.3 is 10.5 Å². The average molecular weight is 314 g/mol. The van der Waals surface area contributed by atoms with Crippen LogP contribution in [-0.2, 0) is 13.8 Å². The third-order valence-corrected chi connectivity index (χ3v) is 3.55. The molecule has 0 bridgehead atoms. The molecule has 0 fully saturated rings. The first-order valence-electron chi connectivity index (χ1n) is 4.98. The standard InChI is InChI=1S/C10H10ClF2NO4S/c1-5(10(14)15)4-18-9-7(12)2-6(3-8(9)13)19(11,16)17/h2-3,5H,4H2,1H3,(H2,14,15). The molecule has 0 aromatic heterocycles. The van der Waals surface area contributed by atoms with Gasteiger partial charge in [0, 0.05) is 10.7 Å². The maximum Gasteiger partial charge on any atom is 0.261 e. The fourth-order valence-corrected chi connectivity index (χ4v) is 1.86. The van der Waals surface area contributed by atoms with Crippen LogP contribution in [0, 0.1) is 17.6 Å². The quantitative estimate of drug-likeness (QED) is 0.832. The number of ether oxygens (including phenoxy) is 1. The van der Waals surface area contributed by atoms with Gasteiger partial charge in [0.25, 0.3) is 9.05 Å². The minimum absolute atomic E-state index is 0.337. The number of benzene rings is 1. The smallest absolute Gasteiger partial charge is 0.261 e. The topological polar surface area (TPSA) is 86.5 Å². The van der Waals surface area contributed by atoms with Crippen molar-refractivity contribution in [2.24, 2.45) is 11.7 Å². The van der Waals surface area contributed by atoms with Crippen molar-refractivity contribution in [3.05, 3.63) is 23.8 Å². The first-order valence-corrected chi connectivity index (χ1v) is 7.29. The third kappa shape index (κ3) is 4.03. The van der Waals surface area contributed by atoms with E-state index in [4.69, 9.17) is 21.2 Å². The van der Waals surface area contributed by atoms with E-state index >= 15 is 0 Å². The number of rotatable bonds is 5. The van der Waals surface area contributed by atoms with E-state index in [1.807, 2.05) is 0 Å². The Labute approximate surface area is 112 Å². The number of hydrogen-bond donors (Lipinski definition) is 1. The van der Waals surface area contributed by atoms with Crippen LogP contribution < -0.4 is 10.5 Å². The van der Waals surface area contributed by atoms with Gasteiger partial charge >= 0.3 is 0 Å². The first kappa shape index (κ1) is 15.6. The Morgan fingerprint density at radius 3 is 2.26 bits per heavy atom. The van der Waals surface area contributed by atoms with Crippen LogP contribution in [0.2, 0.25) is 0 Å². The average Bonchev–Trinajstić information content (AvgIpc) is 2.25. The molecular weight excluding hydrogens is 304 g/mol. The Morgan fingerprint density at radius 1 is 1.42 bits per heavy atom. The lowest BCUT2D eigenvalue weighted by atomic mass is 10.2. The highest BCUT2D eigenvalue weighted by molar-refractivity contribution is 8.13. The van der Waals surface area contributed by atoms with E-state index in [9.17, 15) is 22.0 Å². The largest absolute Gasteiger partial charge is 0.487 e. The van der Waals surface area contributed by atoms with Crippen molar-refractivity contribution in [2.45, 2.75) is 11.8 Å². The molecule has 2 N–H and O–H groups in total. The Morgan fingerprint density at radius 2 is 1.89 bits per heavy atom. The van der Waals surface area contributed by atoms with Crippen LogP contribution in [0.3, 0.4) is 0 Å². The molecule has 0 radical (unpaired) electrons. The molecule has 5 nitrogen and oxygen atoms in total. The zero-order valence-corrected chi connectivity index (χ0v) is 11.3. The fourth-order valence-electron chi connectivity index (χ4n) is 1.11. The third-order valence-electron chi connectivity index (χ3n) is 2.22. The molecule has 1 amide bonds. The van der Waals surface area contributed by atoms with Gasteiger partial charge in [-0.1, -0.05) is 6.92 Å². The molecule has 0 saturated heterocycles. The summed E-state index contributed by atoms with van der Waals surface area (Å²) in [5.74, 6) is -4.72. The second-order valence-corrected chi connectivity index (χ2v) is 6.33. The molecule has 0 aliphatic carbocycles. The fraction of sp³-hybridized carbons (Fsp3) is 0.300. The van der Waals surface area contributed by atoms with E-state index < -0.39 is 43.2 Å². The van der Waals surface area contributed by atoms with Gasteiger partial charge in [0.1, 0.15) is 0 Å². The molecule has 1 unspecified atom stereocenters. The summed E-state index contributed by atoms with van der Waals surface area (Å²) in [6.07, 6.45) is 0. The summed E-state index contributed by atoms with van der Waals surface area (Å²) in [5, 5.41) is 0. The minimum atomic E-state index is -4.25. The van der Waals surface area contributed by atoms with Crippen LogP contribution in [0.15, 0.2) is 17.0 Å². The molecule has 9 heteroatoms. The van der Waals surface area contributed by atoms with Gasteiger partial charge in [0.05, 0.1) is 17.4 Å². The Hall–Kier alpha value is -1.41. The van der Waals surface area contributed by atoms with Gasteiger partial charge in [-0.25, -0.2) is 17.2 Å². The highest BCUT2D eigenvalue weighted by atomic mass is 35.7. The van der Waals surface area contributed by atoms with Crippen molar-refractivity contribution in [2.75, 3.05) is 6.61 Å². The van der Waals surface area contributed by atoms with E-state index in [1.54, 1.807) is 0 Å². The van der Waals surface area contributed by atoms with Crippen molar-refractivity contribution in [3.63, 3.8) is 0 Å². The van der Waals surface area contributed by atoms with E-state index in [0.29, 0.717) is 12.1 Å². The molecule has 106 valence electrons. The van der Waals surface area contributed by atoms with Crippen molar-refractivity contribution < 1.29 is 26.7 Å². The number of hydrogen-bond acceptors (Lipinski definition) is 4. The molecule has 0 spiro atoms. The van der Waals surface area contributed by atoms with Gasteiger partial charge in [-0.3, -0.25) is 4.79 Å². The summed E-state index contributed by atoms with van der Waals surface area (Å²) in [5.41, 5.74) is 4.95. The second kappa shape index (κ2) is 5.70. The normalized spacial score (nSPS) is 13.1. The van der Waals surface area contributed by atoms with Crippen LogP contribution in [0.4, 0.5) is 8.78 Å². The van der Waals surface area contributed by atoms with Crippen molar-refractivity contribution in [1.82, 2.24) is 0 Å². The molecule has 1 aromatic rings. The van der Waals surface area contributed by atoms with Gasteiger partial charge in [0.2, 0.25) is 5.91 Å². The summed E-state index contributed by atoms with van der Waals surface area (Å²) >= 11 is 0. The van der Waals surface area contributed by atoms with Gasteiger partial charge in [-0.2, -0.15) is 0 Å². The number of carbonyl (C=O) groups excluding carboxylic acids is 1. The summed E-state index contributed by atoms with van der Waals surface area (Å²) in [7, 11) is 0.714. The number of amides is 1. The summed E-state index contributed by atoms with van der Waals surface area (Å²) in [6.45, 7) is 1.08. The van der Waals surface area contributed by atoms with Crippen LogP contribution in [0.25, 0.3) is 0 Å². The molecule has 0 saturated carbocycles. The highest BCUT2D eigenvalue weighted by Crippen LogP contribution is 2.27. The number of halogens is 3. The summed E-state index contributed by atoms with van der Waals surface area (Å²) < 4.78 is 53.6. The molecule has 0 heterocycles. The maximum atomic E-state index is 13.5. The van der Waals surface area contributed by atoms with Gasteiger partial charge in [-0.05, 0) is 12.1 Å². The monoisotopic (exact) mass is 313 g/mol. The van der Waals surface area contributed by atoms with E-state index in [2.05, 4.69) is 0 Å². The number of carbonyl (C=O) groups is 1. The van der Waals surface area contributed by atoms with Crippen LogP contribution >= 0.6 is 10.7 Å². The van der Waals surface area contributed by atoms with E-state index in [0.717, 1.165) is 0 Å².